The number of hydrogen-bond donors (Lipinski definition) is 0. The maximum Gasteiger partial charge on any atom is -0.0318 e. The Bertz CT molecular complexity index is 111. The van der Waals surface area contributed by atoms with E-state index in [0.717, 1.165) is 5.92 Å². The van der Waals surface area contributed by atoms with Gasteiger partial charge in [-0.3, -0.25) is 0 Å². The van der Waals surface area contributed by atoms with Crippen molar-refractivity contribution in [2.45, 2.75) is 39.5 Å². The van der Waals surface area contributed by atoms with E-state index in [2.05, 4.69) is 19.9 Å². The molecule has 0 spiro atoms. The van der Waals surface area contributed by atoms with E-state index in [4.69, 9.17) is 0 Å². The molecule has 0 heteroatoms. The van der Waals surface area contributed by atoms with Crippen LogP contribution in [-0.2, 0) is 0 Å². The fourth-order valence-corrected chi connectivity index (χ4v) is 1.34. The largest absolute Gasteiger partial charge is 0.0851 e. The molecule has 0 heterocycles. The highest BCUT2D eigenvalue weighted by Crippen LogP contribution is 2.24. The van der Waals surface area contributed by atoms with Crippen molar-refractivity contribution >= 4 is 0 Å². The van der Waals surface area contributed by atoms with Crippen LogP contribution >= 0.6 is 0 Å². The first-order valence-corrected chi connectivity index (χ1v) is 4.00. The standard InChI is InChI=1S/C9H16/c1-3-9-6-4-8(2)5-7-9/h6,8H,3-5,7H2,1-2H3. The van der Waals surface area contributed by atoms with Crippen molar-refractivity contribution < 1.29 is 0 Å². The summed E-state index contributed by atoms with van der Waals surface area (Å²) in [5.41, 5.74) is 1.67. The van der Waals surface area contributed by atoms with Crippen molar-refractivity contribution in [2.75, 3.05) is 0 Å². The average molecular weight is 124 g/mol. The summed E-state index contributed by atoms with van der Waals surface area (Å²) in [4.78, 5) is 0. The molecule has 0 aromatic heterocycles. The van der Waals surface area contributed by atoms with E-state index < -0.39 is 0 Å². The monoisotopic (exact) mass is 124 g/mol. The molecule has 0 saturated carbocycles. The second-order valence-electron chi connectivity index (χ2n) is 3.10. The summed E-state index contributed by atoms with van der Waals surface area (Å²) in [6.07, 6.45) is 7.79. The number of rotatable bonds is 1. The third-order valence-corrected chi connectivity index (χ3v) is 2.22. The van der Waals surface area contributed by atoms with E-state index in [1.807, 2.05) is 0 Å². The zero-order chi connectivity index (χ0) is 6.69. The molecule has 0 aromatic rings. The Labute approximate surface area is 58.0 Å². The normalized spacial score (nSPS) is 27.8. The highest BCUT2D eigenvalue weighted by Gasteiger charge is 2.07. The predicted molar refractivity (Wildman–Crippen MR) is 41.4 cm³/mol. The van der Waals surface area contributed by atoms with Gasteiger partial charge in [0.25, 0.3) is 0 Å². The van der Waals surface area contributed by atoms with Crippen LogP contribution in [0, 0.1) is 5.92 Å². The van der Waals surface area contributed by atoms with E-state index in [0.29, 0.717) is 0 Å². The van der Waals surface area contributed by atoms with E-state index in [1.165, 1.54) is 25.7 Å². The second kappa shape index (κ2) is 3.05. The fourth-order valence-electron chi connectivity index (χ4n) is 1.34. The summed E-state index contributed by atoms with van der Waals surface area (Å²) in [6.45, 7) is 4.59. The molecular formula is C9H16. The number of hydrogen-bond acceptors (Lipinski definition) is 0. The molecule has 1 atom stereocenters. The first-order chi connectivity index (χ1) is 4.33. The minimum atomic E-state index is 0.945. The Hall–Kier alpha value is -0.260. The summed E-state index contributed by atoms with van der Waals surface area (Å²) in [5.74, 6) is 0.945. The molecule has 1 aliphatic carbocycles. The van der Waals surface area contributed by atoms with Crippen LogP contribution < -0.4 is 0 Å². The molecule has 0 bridgehead atoms. The highest BCUT2D eigenvalue weighted by molar-refractivity contribution is 5.04. The van der Waals surface area contributed by atoms with Crippen LogP contribution in [0.5, 0.6) is 0 Å². The Balaban J connectivity index is 2.40. The highest BCUT2D eigenvalue weighted by atomic mass is 14.1. The Morgan fingerprint density at radius 1 is 1.67 bits per heavy atom. The molecule has 0 amide bonds. The second-order valence-corrected chi connectivity index (χ2v) is 3.10. The molecule has 0 N–H and O–H groups in total. The lowest BCUT2D eigenvalue weighted by Gasteiger charge is -2.16. The molecule has 0 fully saturated rings. The van der Waals surface area contributed by atoms with Gasteiger partial charge in [0.1, 0.15) is 0 Å². The molecule has 1 unspecified atom stereocenters. The van der Waals surface area contributed by atoms with E-state index >= 15 is 0 Å². The van der Waals surface area contributed by atoms with Crippen LogP contribution in [0.25, 0.3) is 0 Å². The van der Waals surface area contributed by atoms with Gasteiger partial charge in [-0.05, 0) is 31.6 Å². The predicted octanol–water partition coefficient (Wildman–Crippen LogP) is 3.14. The van der Waals surface area contributed by atoms with Crippen molar-refractivity contribution in [3.05, 3.63) is 11.6 Å². The smallest absolute Gasteiger partial charge is 0.0318 e. The lowest BCUT2D eigenvalue weighted by atomic mass is 9.90. The van der Waals surface area contributed by atoms with Gasteiger partial charge in [-0.2, -0.15) is 0 Å². The Morgan fingerprint density at radius 3 is 2.89 bits per heavy atom. The summed E-state index contributed by atoms with van der Waals surface area (Å²) >= 11 is 0. The fraction of sp³-hybridized carbons (Fsp3) is 0.778. The third-order valence-electron chi connectivity index (χ3n) is 2.22. The molecule has 1 aliphatic rings. The summed E-state index contributed by atoms with van der Waals surface area (Å²) in [7, 11) is 0. The average Bonchev–Trinajstić information content (AvgIpc) is 1.90. The zero-order valence-corrected chi connectivity index (χ0v) is 6.48. The van der Waals surface area contributed by atoms with Crippen molar-refractivity contribution in [3.8, 4) is 0 Å². The van der Waals surface area contributed by atoms with Gasteiger partial charge in [0.05, 0.1) is 0 Å². The van der Waals surface area contributed by atoms with Gasteiger partial charge in [0, 0.05) is 0 Å². The SMILES string of the molecule is CCC1=CCC(C)CC1. The molecule has 0 aromatic carbocycles. The van der Waals surface area contributed by atoms with Crippen LogP contribution in [0.2, 0.25) is 0 Å². The maximum absolute atomic E-state index is 2.42. The van der Waals surface area contributed by atoms with Crippen molar-refractivity contribution in [2.24, 2.45) is 5.92 Å². The topological polar surface area (TPSA) is 0 Å². The Kier molecular flexibility index (Phi) is 2.32. The van der Waals surface area contributed by atoms with Gasteiger partial charge in [0.2, 0.25) is 0 Å². The molecule has 0 radical (unpaired) electrons. The van der Waals surface area contributed by atoms with Gasteiger partial charge in [-0.1, -0.05) is 25.5 Å². The van der Waals surface area contributed by atoms with Crippen LogP contribution in [0.15, 0.2) is 11.6 Å². The van der Waals surface area contributed by atoms with Gasteiger partial charge in [-0.15, -0.1) is 0 Å². The van der Waals surface area contributed by atoms with Crippen LogP contribution in [0.1, 0.15) is 39.5 Å². The first kappa shape index (κ1) is 6.85. The van der Waals surface area contributed by atoms with E-state index in [9.17, 15) is 0 Å². The first-order valence-electron chi connectivity index (χ1n) is 4.00. The summed E-state index contributed by atoms with van der Waals surface area (Å²) < 4.78 is 0. The van der Waals surface area contributed by atoms with Gasteiger partial charge < -0.3 is 0 Å². The maximum atomic E-state index is 2.42. The van der Waals surface area contributed by atoms with Gasteiger partial charge in [0.15, 0.2) is 0 Å². The lowest BCUT2D eigenvalue weighted by Crippen LogP contribution is -2.00. The molecular weight excluding hydrogens is 108 g/mol. The molecule has 1 rings (SSSR count). The zero-order valence-electron chi connectivity index (χ0n) is 6.48. The minimum Gasteiger partial charge on any atom is -0.0851 e. The minimum absolute atomic E-state index is 0.945. The Morgan fingerprint density at radius 2 is 2.44 bits per heavy atom. The van der Waals surface area contributed by atoms with Crippen LogP contribution in [-0.4, -0.2) is 0 Å². The molecule has 0 aliphatic heterocycles. The van der Waals surface area contributed by atoms with E-state index in [-0.39, 0.29) is 0 Å². The van der Waals surface area contributed by atoms with Gasteiger partial charge >= 0.3 is 0 Å². The molecule has 52 valence electrons. The van der Waals surface area contributed by atoms with Crippen LogP contribution in [0.4, 0.5) is 0 Å². The molecule has 0 nitrogen and oxygen atoms in total. The summed E-state index contributed by atoms with van der Waals surface area (Å²) in [5, 5.41) is 0. The van der Waals surface area contributed by atoms with Crippen LogP contribution in [0.3, 0.4) is 0 Å². The molecule has 9 heavy (non-hydrogen) atoms. The lowest BCUT2D eigenvalue weighted by molar-refractivity contribution is 0.508. The van der Waals surface area contributed by atoms with Gasteiger partial charge in [-0.25, -0.2) is 0 Å². The third kappa shape index (κ3) is 1.85. The van der Waals surface area contributed by atoms with Crippen molar-refractivity contribution in [1.29, 1.82) is 0 Å². The summed E-state index contributed by atoms with van der Waals surface area (Å²) in [6, 6.07) is 0. The quantitative estimate of drug-likeness (QED) is 0.471. The van der Waals surface area contributed by atoms with Crippen molar-refractivity contribution in [1.82, 2.24) is 0 Å². The molecule has 0 saturated heterocycles. The van der Waals surface area contributed by atoms with E-state index in [1.54, 1.807) is 5.57 Å². The number of allylic oxidation sites excluding steroid dienone is 2. The van der Waals surface area contributed by atoms with Crippen molar-refractivity contribution in [3.63, 3.8) is 0 Å².